The average Bonchev–Trinajstić information content (AvgIpc) is 2.76. The van der Waals surface area contributed by atoms with Crippen LogP contribution in [0.2, 0.25) is 0 Å². The number of benzene rings is 2. The van der Waals surface area contributed by atoms with Crippen LogP contribution < -0.4 is 10.6 Å². The van der Waals surface area contributed by atoms with E-state index in [0.717, 1.165) is 16.7 Å². The van der Waals surface area contributed by atoms with Gasteiger partial charge >= 0.3 is 12.0 Å². The van der Waals surface area contributed by atoms with Crippen molar-refractivity contribution >= 4 is 23.5 Å². The van der Waals surface area contributed by atoms with Gasteiger partial charge in [-0.3, -0.25) is 5.32 Å². The van der Waals surface area contributed by atoms with E-state index in [1.54, 1.807) is 19.1 Å². The van der Waals surface area contributed by atoms with Gasteiger partial charge in [-0.2, -0.15) is 0 Å². The van der Waals surface area contributed by atoms with E-state index >= 15 is 0 Å². The van der Waals surface area contributed by atoms with Gasteiger partial charge in [0.05, 0.1) is 5.60 Å². The van der Waals surface area contributed by atoms with Crippen LogP contribution in [0.4, 0.5) is 16.3 Å². The van der Waals surface area contributed by atoms with E-state index in [2.05, 4.69) is 15.6 Å². The van der Waals surface area contributed by atoms with Gasteiger partial charge in [-0.25, -0.2) is 14.6 Å². The summed E-state index contributed by atoms with van der Waals surface area (Å²) in [6.07, 6.45) is -1.26. The molecule has 0 bridgehead atoms. The Morgan fingerprint density at radius 1 is 0.943 bits per heavy atom. The number of nitrogens with one attached hydrogen (secondary N) is 2. The highest BCUT2D eigenvalue weighted by Gasteiger charge is 2.33. The van der Waals surface area contributed by atoms with Crippen molar-refractivity contribution in [2.75, 3.05) is 10.6 Å². The number of amides is 2. The lowest BCUT2D eigenvalue weighted by molar-refractivity contribution is -0.160. The van der Waals surface area contributed by atoms with Gasteiger partial charge in [0.2, 0.25) is 0 Å². The number of aryl methyl sites for hydroxylation is 3. The van der Waals surface area contributed by atoms with Crippen LogP contribution >= 0.6 is 0 Å². The van der Waals surface area contributed by atoms with Crippen molar-refractivity contribution < 1.29 is 19.4 Å². The standard InChI is InChI=1S/C28H33N3O4/c1-16-13-14-20(15-17(16)2)23-19(4)29-25(31-27(34)30-21-11-9-8-10-12-21)18(3)22(23)24(26(32)33)35-28(5,6)7/h8-15,24H,1-7H3,(H,32,33)(H2,29,30,31,34). The first-order valence-corrected chi connectivity index (χ1v) is 11.5. The molecule has 0 saturated heterocycles. The number of carbonyl (C=O) groups is 2. The molecule has 0 fully saturated rings. The highest BCUT2D eigenvalue weighted by Crippen LogP contribution is 2.39. The molecule has 1 atom stereocenters. The molecule has 0 aliphatic heterocycles. The first-order chi connectivity index (χ1) is 16.4. The lowest BCUT2D eigenvalue weighted by Crippen LogP contribution is -2.29. The molecule has 184 valence electrons. The van der Waals surface area contributed by atoms with Gasteiger partial charge in [0.25, 0.3) is 0 Å². The summed E-state index contributed by atoms with van der Waals surface area (Å²) >= 11 is 0. The Balaban J connectivity index is 2.17. The van der Waals surface area contributed by atoms with Crippen molar-refractivity contribution in [3.8, 4) is 11.1 Å². The molecule has 2 aromatic carbocycles. The molecule has 0 radical (unpaired) electrons. The fourth-order valence-corrected chi connectivity index (χ4v) is 3.91. The van der Waals surface area contributed by atoms with Crippen LogP contribution in [0, 0.1) is 27.7 Å². The van der Waals surface area contributed by atoms with Crippen molar-refractivity contribution in [2.24, 2.45) is 0 Å². The molecule has 0 spiro atoms. The maximum Gasteiger partial charge on any atom is 0.337 e. The van der Waals surface area contributed by atoms with Gasteiger partial charge in [-0.1, -0.05) is 36.4 Å². The predicted molar refractivity (Wildman–Crippen MR) is 139 cm³/mol. The van der Waals surface area contributed by atoms with Gasteiger partial charge in [-0.05, 0) is 82.9 Å². The van der Waals surface area contributed by atoms with Crippen molar-refractivity contribution in [2.45, 2.75) is 60.2 Å². The number of anilines is 2. The smallest absolute Gasteiger partial charge is 0.337 e. The molecule has 3 N–H and O–H groups in total. The van der Waals surface area contributed by atoms with Gasteiger partial charge in [0, 0.05) is 22.5 Å². The molecule has 0 aliphatic carbocycles. The number of urea groups is 1. The predicted octanol–water partition coefficient (Wildman–Crippen LogP) is 6.57. The van der Waals surface area contributed by atoms with Gasteiger partial charge in [0.15, 0.2) is 6.10 Å². The molecule has 0 aliphatic rings. The molecule has 1 unspecified atom stereocenters. The molecule has 1 aromatic heterocycles. The minimum absolute atomic E-state index is 0.280. The van der Waals surface area contributed by atoms with Crippen LogP contribution in [-0.4, -0.2) is 27.7 Å². The quantitative estimate of drug-likeness (QED) is 0.374. The lowest BCUT2D eigenvalue weighted by atomic mass is 9.89. The van der Waals surface area contributed by atoms with E-state index in [1.807, 2.05) is 77.9 Å². The van der Waals surface area contributed by atoms with E-state index in [1.165, 1.54) is 0 Å². The van der Waals surface area contributed by atoms with Crippen molar-refractivity contribution in [1.29, 1.82) is 0 Å². The Morgan fingerprint density at radius 3 is 2.17 bits per heavy atom. The van der Waals surface area contributed by atoms with Crippen LogP contribution in [-0.2, 0) is 9.53 Å². The van der Waals surface area contributed by atoms with Crippen LogP contribution in [0.15, 0.2) is 48.5 Å². The van der Waals surface area contributed by atoms with Crippen LogP contribution in [0.3, 0.4) is 0 Å². The molecule has 7 heteroatoms. The summed E-state index contributed by atoms with van der Waals surface area (Å²) in [5, 5.41) is 15.8. The molecule has 3 rings (SSSR count). The number of hydrogen-bond donors (Lipinski definition) is 3. The van der Waals surface area contributed by atoms with E-state index in [-0.39, 0.29) is 5.82 Å². The number of para-hydroxylation sites is 1. The number of aromatic nitrogens is 1. The van der Waals surface area contributed by atoms with Gasteiger partial charge in [0.1, 0.15) is 5.82 Å². The Morgan fingerprint density at radius 2 is 1.60 bits per heavy atom. The third-order valence-electron chi connectivity index (χ3n) is 5.69. The number of pyridine rings is 1. The summed E-state index contributed by atoms with van der Waals surface area (Å²) < 4.78 is 6.04. The summed E-state index contributed by atoms with van der Waals surface area (Å²) in [6.45, 7) is 13.0. The van der Waals surface area contributed by atoms with Crippen LogP contribution in [0.1, 0.15) is 54.8 Å². The van der Waals surface area contributed by atoms with E-state index in [0.29, 0.717) is 28.1 Å². The maximum absolute atomic E-state index is 12.7. The van der Waals surface area contributed by atoms with Crippen molar-refractivity contribution in [3.63, 3.8) is 0 Å². The van der Waals surface area contributed by atoms with Crippen LogP contribution in [0.25, 0.3) is 11.1 Å². The first-order valence-electron chi connectivity index (χ1n) is 11.5. The highest BCUT2D eigenvalue weighted by atomic mass is 16.5. The summed E-state index contributed by atoms with van der Waals surface area (Å²) in [5.41, 5.74) is 5.26. The van der Waals surface area contributed by atoms with E-state index in [4.69, 9.17) is 4.74 Å². The Labute approximate surface area is 206 Å². The number of nitrogens with zero attached hydrogens (tertiary/aromatic N) is 1. The topological polar surface area (TPSA) is 101 Å². The molecule has 35 heavy (non-hydrogen) atoms. The average molecular weight is 476 g/mol. The number of carboxylic acids is 1. The fourth-order valence-electron chi connectivity index (χ4n) is 3.91. The lowest BCUT2D eigenvalue weighted by Gasteiger charge is -2.29. The van der Waals surface area contributed by atoms with Crippen molar-refractivity contribution in [1.82, 2.24) is 4.98 Å². The molecule has 3 aromatic rings. The Hall–Kier alpha value is -3.71. The summed E-state index contributed by atoms with van der Waals surface area (Å²) in [7, 11) is 0. The summed E-state index contributed by atoms with van der Waals surface area (Å²) in [6, 6.07) is 14.6. The minimum atomic E-state index is -1.26. The van der Waals surface area contributed by atoms with E-state index in [9.17, 15) is 14.7 Å². The van der Waals surface area contributed by atoms with E-state index < -0.39 is 23.7 Å². The third-order valence-corrected chi connectivity index (χ3v) is 5.69. The summed E-state index contributed by atoms with van der Waals surface area (Å²) in [4.78, 5) is 29.9. The SMILES string of the molecule is Cc1ccc(-c2c(C)nc(NC(=O)Nc3ccccc3)c(C)c2C(OC(C)(C)C)C(=O)O)cc1C. The molecule has 1 heterocycles. The largest absolute Gasteiger partial charge is 0.479 e. The number of carboxylic acid groups (broad SMARTS) is 1. The first kappa shape index (κ1) is 25.9. The minimum Gasteiger partial charge on any atom is -0.479 e. The normalized spacial score (nSPS) is 12.2. The zero-order valence-electron chi connectivity index (χ0n) is 21.3. The monoisotopic (exact) mass is 475 g/mol. The number of carbonyl (C=O) groups excluding carboxylic acids is 1. The zero-order chi connectivity index (χ0) is 25.9. The van der Waals surface area contributed by atoms with Crippen molar-refractivity contribution in [3.05, 3.63) is 76.5 Å². The molecule has 2 amide bonds. The fraction of sp³-hybridized carbons (Fsp3) is 0.321. The second-order valence-electron chi connectivity index (χ2n) is 9.65. The molecular weight excluding hydrogens is 442 g/mol. The summed E-state index contributed by atoms with van der Waals surface area (Å²) in [5.74, 6) is -0.833. The number of ether oxygens (including phenoxy) is 1. The van der Waals surface area contributed by atoms with Gasteiger partial charge in [-0.15, -0.1) is 0 Å². The third kappa shape index (κ3) is 6.25. The molecule has 0 saturated carbocycles. The highest BCUT2D eigenvalue weighted by molar-refractivity contribution is 6.00. The number of hydrogen-bond acceptors (Lipinski definition) is 4. The zero-order valence-corrected chi connectivity index (χ0v) is 21.3. The number of aliphatic carboxylic acids is 1. The second kappa shape index (κ2) is 10.3. The molecule has 7 nitrogen and oxygen atoms in total. The Kier molecular flexibility index (Phi) is 7.60. The number of rotatable bonds is 6. The van der Waals surface area contributed by atoms with Crippen LogP contribution in [0.5, 0.6) is 0 Å². The maximum atomic E-state index is 12.7. The Bertz CT molecular complexity index is 1250. The van der Waals surface area contributed by atoms with Gasteiger partial charge < -0.3 is 15.2 Å². The molecular formula is C28H33N3O4. The second-order valence-corrected chi connectivity index (χ2v) is 9.65.